The van der Waals surface area contributed by atoms with Crippen LogP contribution in [0.25, 0.3) is 0 Å². The van der Waals surface area contributed by atoms with Crippen molar-refractivity contribution in [1.82, 2.24) is 0 Å². The molecule has 0 aliphatic carbocycles. The third kappa shape index (κ3) is 3.56. The van der Waals surface area contributed by atoms with E-state index in [1.165, 1.54) is 0 Å². The lowest BCUT2D eigenvalue weighted by molar-refractivity contribution is 0.102. The number of carbonyl (C=O) groups is 1. The molecule has 0 aromatic heterocycles. The highest BCUT2D eigenvalue weighted by atomic mass is 35.5. The van der Waals surface area contributed by atoms with Gasteiger partial charge in [0, 0.05) is 15.5 Å². The molecular formula is C16H15ClO2S. The summed E-state index contributed by atoms with van der Waals surface area (Å²) in [7, 11) is -1.37. The van der Waals surface area contributed by atoms with Crippen molar-refractivity contribution in [3.8, 4) is 0 Å². The number of halogens is 1. The van der Waals surface area contributed by atoms with Crippen LogP contribution in [0.1, 0.15) is 21.5 Å². The largest absolute Gasteiger partial charge is 0.293 e. The lowest BCUT2D eigenvalue weighted by atomic mass is 10.0. The molecule has 1 atom stereocenters. The second-order valence-corrected chi connectivity index (χ2v) is 6.58. The monoisotopic (exact) mass is 306 g/mol. The number of aryl methyl sites for hydroxylation is 2. The minimum Gasteiger partial charge on any atom is -0.293 e. The second kappa shape index (κ2) is 6.33. The predicted molar refractivity (Wildman–Crippen MR) is 83.0 cm³/mol. The topological polar surface area (TPSA) is 34.1 Å². The molecule has 1 unspecified atom stereocenters. The van der Waals surface area contributed by atoms with Crippen molar-refractivity contribution in [1.29, 1.82) is 0 Å². The summed E-state index contributed by atoms with van der Waals surface area (Å²) in [5.74, 6) is -0.130. The fraction of sp³-hybridized carbons (Fsp3) is 0.188. The van der Waals surface area contributed by atoms with E-state index in [0.717, 1.165) is 11.1 Å². The van der Waals surface area contributed by atoms with Gasteiger partial charge in [-0.25, -0.2) is 0 Å². The van der Waals surface area contributed by atoms with E-state index in [9.17, 15) is 9.00 Å². The molecule has 0 aliphatic heterocycles. The molecule has 4 heteroatoms. The van der Waals surface area contributed by atoms with Gasteiger partial charge in [-0.2, -0.15) is 0 Å². The van der Waals surface area contributed by atoms with Gasteiger partial charge in [0.05, 0.1) is 16.6 Å². The van der Waals surface area contributed by atoms with Crippen LogP contribution in [0.4, 0.5) is 0 Å². The van der Waals surface area contributed by atoms with Crippen molar-refractivity contribution in [2.24, 2.45) is 0 Å². The van der Waals surface area contributed by atoms with E-state index in [2.05, 4.69) is 0 Å². The Morgan fingerprint density at radius 2 is 1.90 bits per heavy atom. The summed E-state index contributed by atoms with van der Waals surface area (Å²) in [5, 5.41) is 0.523. The van der Waals surface area contributed by atoms with Gasteiger partial charge < -0.3 is 0 Å². The van der Waals surface area contributed by atoms with E-state index in [0.29, 0.717) is 15.5 Å². The Morgan fingerprint density at radius 1 is 1.15 bits per heavy atom. The van der Waals surface area contributed by atoms with Crippen LogP contribution in [0, 0.1) is 13.8 Å². The molecule has 0 amide bonds. The lowest BCUT2D eigenvalue weighted by Crippen LogP contribution is -2.12. The van der Waals surface area contributed by atoms with E-state index in [1.54, 1.807) is 24.3 Å². The first-order chi connectivity index (χ1) is 9.47. The van der Waals surface area contributed by atoms with Crippen molar-refractivity contribution in [2.75, 3.05) is 5.75 Å². The molecule has 0 spiro atoms. The van der Waals surface area contributed by atoms with Crippen molar-refractivity contribution in [3.05, 3.63) is 64.2 Å². The Morgan fingerprint density at radius 3 is 2.60 bits per heavy atom. The van der Waals surface area contributed by atoms with Gasteiger partial charge in [-0.15, -0.1) is 0 Å². The fourth-order valence-electron chi connectivity index (χ4n) is 1.93. The molecule has 2 rings (SSSR count). The van der Waals surface area contributed by atoms with Gasteiger partial charge in [0.25, 0.3) is 0 Å². The Kier molecular flexibility index (Phi) is 4.73. The molecule has 0 N–H and O–H groups in total. The Balaban J connectivity index is 2.19. The van der Waals surface area contributed by atoms with Gasteiger partial charge >= 0.3 is 0 Å². The molecule has 104 valence electrons. The molecule has 0 radical (unpaired) electrons. The average Bonchev–Trinajstić information content (AvgIpc) is 2.41. The second-order valence-electron chi connectivity index (χ2n) is 4.69. The maximum Gasteiger partial charge on any atom is 0.175 e. The molecule has 0 aliphatic rings. The molecule has 0 bridgehead atoms. The number of ketones is 1. The highest BCUT2D eigenvalue weighted by Gasteiger charge is 2.14. The predicted octanol–water partition coefficient (Wildman–Crippen LogP) is 3.95. The lowest BCUT2D eigenvalue weighted by Gasteiger charge is -2.06. The van der Waals surface area contributed by atoms with Gasteiger partial charge in [-0.1, -0.05) is 35.4 Å². The van der Waals surface area contributed by atoms with Crippen LogP contribution < -0.4 is 0 Å². The number of rotatable bonds is 4. The zero-order valence-electron chi connectivity index (χ0n) is 11.4. The average molecular weight is 307 g/mol. The van der Waals surface area contributed by atoms with Crippen LogP contribution in [-0.4, -0.2) is 15.7 Å². The van der Waals surface area contributed by atoms with Crippen LogP contribution in [0.3, 0.4) is 0 Å². The molecule has 0 saturated heterocycles. The van der Waals surface area contributed by atoms with E-state index in [-0.39, 0.29) is 11.5 Å². The Bertz CT molecular complexity index is 680. The van der Waals surface area contributed by atoms with E-state index < -0.39 is 10.8 Å². The summed E-state index contributed by atoms with van der Waals surface area (Å²) >= 11 is 5.87. The highest BCUT2D eigenvalue weighted by Crippen LogP contribution is 2.17. The molecule has 2 aromatic carbocycles. The van der Waals surface area contributed by atoms with Crippen LogP contribution in [-0.2, 0) is 10.8 Å². The first-order valence-electron chi connectivity index (χ1n) is 6.22. The molecule has 0 fully saturated rings. The maximum absolute atomic E-state index is 12.3. The first kappa shape index (κ1) is 14.9. The SMILES string of the molecule is Cc1ccc(C)c(C(=O)CS(=O)c2cccc(Cl)c2)c1. The minimum absolute atomic E-state index is 0.0232. The number of hydrogen-bond donors (Lipinski definition) is 0. The smallest absolute Gasteiger partial charge is 0.175 e. The van der Waals surface area contributed by atoms with E-state index in [1.807, 2.05) is 32.0 Å². The van der Waals surface area contributed by atoms with Crippen molar-refractivity contribution in [2.45, 2.75) is 18.7 Å². The van der Waals surface area contributed by atoms with Crippen LogP contribution >= 0.6 is 11.6 Å². The first-order valence-corrected chi connectivity index (χ1v) is 7.91. The third-order valence-corrected chi connectivity index (χ3v) is 4.55. The van der Waals surface area contributed by atoms with Gasteiger partial charge in [0.1, 0.15) is 0 Å². The quantitative estimate of drug-likeness (QED) is 0.802. The molecule has 0 saturated carbocycles. The molecule has 2 aromatic rings. The number of carbonyl (C=O) groups excluding carboxylic acids is 1. The standard InChI is InChI=1S/C16H15ClO2S/c1-11-6-7-12(2)15(8-11)16(18)10-20(19)14-5-3-4-13(17)9-14/h3-9H,10H2,1-2H3. The number of Topliss-reactive ketones (excluding diaryl/α,β-unsaturated/α-hetero) is 1. The van der Waals surface area contributed by atoms with E-state index >= 15 is 0 Å². The zero-order chi connectivity index (χ0) is 14.7. The normalized spacial score (nSPS) is 12.2. The Labute approximate surface area is 126 Å². The van der Waals surface area contributed by atoms with Crippen LogP contribution in [0.2, 0.25) is 5.02 Å². The molecular weight excluding hydrogens is 292 g/mol. The van der Waals surface area contributed by atoms with Gasteiger partial charge in [-0.3, -0.25) is 9.00 Å². The minimum atomic E-state index is -1.37. The Hall–Kier alpha value is -1.45. The summed E-state index contributed by atoms with van der Waals surface area (Å²) < 4.78 is 12.2. The van der Waals surface area contributed by atoms with Gasteiger partial charge in [0.2, 0.25) is 0 Å². The third-order valence-electron chi connectivity index (χ3n) is 3.01. The summed E-state index contributed by atoms with van der Waals surface area (Å²) in [6.07, 6.45) is 0. The van der Waals surface area contributed by atoms with Crippen LogP contribution in [0.5, 0.6) is 0 Å². The summed E-state index contributed by atoms with van der Waals surface area (Å²) in [6.45, 7) is 3.82. The van der Waals surface area contributed by atoms with Crippen LogP contribution in [0.15, 0.2) is 47.4 Å². The van der Waals surface area contributed by atoms with Crippen molar-refractivity contribution >= 4 is 28.2 Å². The van der Waals surface area contributed by atoms with Crippen molar-refractivity contribution < 1.29 is 9.00 Å². The summed E-state index contributed by atoms with van der Waals surface area (Å²) in [4.78, 5) is 12.8. The zero-order valence-corrected chi connectivity index (χ0v) is 12.9. The van der Waals surface area contributed by atoms with E-state index in [4.69, 9.17) is 11.6 Å². The number of hydrogen-bond acceptors (Lipinski definition) is 2. The van der Waals surface area contributed by atoms with Gasteiger partial charge in [-0.05, 0) is 43.7 Å². The van der Waals surface area contributed by atoms with Crippen molar-refractivity contribution in [3.63, 3.8) is 0 Å². The molecule has 0 heterocycles. The van der Waals surface area contributed by atoms with Gasteiger partial charge in [0.15, 0.2) is 5.78 Å². The summed E-state index contributed by atoms with van der Waals surface area (Å²) in [5.41, 5.74) is 2.57. The maximum atomic E-state index is 12.3. The number of benzene rings is 2. The fourth-order valence-corrected chi connectivity index (χ4v) is 3.23. The highest BCUT2D eigenvalue weighted by molar-refractivity contribution is 7.85. The molecule has 2 nitrogen and oxygen atoms in total. The summed E-state index contributed by atoms with van der Waals surface area (Å²) in [6, 6.07) is 12.5. The molecule has 20 heavy (non-hydrogen) atoms.